The lowest BCUT2D eigenvalue weighted by atomic mass is 10.4. The second kappa shape index (κ2) is 6.12. The van der Waals surface area contributed by atoms with Gasteiger partial charge in [-0.2, -0.15) is 11.8 Å². The van der Waals surface area contributed by atoms with Gasteiger partial charge in [0.25, 0.3) is 0 Å². The van der Waals surface area contributed by atoms with Gasteiger partial charge in [-0.25, -0.2) is 0 Å². The molecule has 2 aromatic rings. The van der Waals surface area contributed by atoms with Gasteiger partial charge in [-0.05, 0) is 40.4 Å². The topological polar surface area (TPSA) is 38.1 Å². The van der Waals surface area contributed by atoms with Crippen LogP contribution in [0.4, 0.5) is 5.69 Å². The molecule has 0 unspecified atom stereocenters. The molecule has 17 heavy (non-hydrogen) atoms. The molecule has 0 atom stereocenters. The Morgan fingerprint density at radius 1 is 1.35 bits per heavy atom. The molecule has 0 aliphatic heterocycles. The number of furan rings is 1. The van der Waals surface area contributed by atoms with Gasteiger partial charge >= 0.3 is 0 Å². The highest BCUT2D eigenvalue weighted by Gasteiger charge is 2.01. The van der Waals surface area contributed by atoms with Gasteiger partial charge in [0.2, 0.25) is 0 Å². The largest absolute Gasteiger partial charge is 0.463 e. The number of nitrogens with zero attached hydrogens (tertiary/aromatic N) is 1. The van der Waals surface area contributed by atoms with Crippen LogP contribution < -0.4 is 5.32 Å². The van der Waals surface area contributed by atoms with E-state index < -0.39 is 0 Å². The molecule has 0 aliphatic carbocycles. The molecule has 2 rings (SSSR count). The van der Waals surface area contributed by atoms with Crippen molar-refractivity contribution in [2.45, 2.75) is 12.3 Å². The maximum absolute atomic E-state index is 5.66. The van der Waals surface area contributed by atoms with E-state index in [1.165, 1.54) is 0 Å². The Labute approximate surface area is 113 Å². The Bertz CT molecular complexity index is 487. The van der Waals surface area contributed by atoms with Gasteiger partial charge in [0.1, 0.15) is 11.5 Å². The van der Waals surface area contributed by atoms with E-state index in [1.807, 2.05) is 18.2 Å². The normalized spacial score (nSPS) is 10.5. The minimum Gasteiger partial charge on any atom is -0.463 e. The summed E-state index contributed by atoms with van der Waals surface area (Å²) in [7, 11) is 0. The van der Waals surface area contributed by atoms with Crippen LogP contribution in [0.3, 0.4) is 0 Å². The molecule has 0 aliphatic rings. The average Bonchev–Trinajstić information content (AvgIpc) is 2.75. The maximum atomic E-state index is 5.66. The van der Waals surface area contributed by atoms with Crippen molar-refractivity contribution in [1.29, 1.82) is 0 Å². The summed E-state index contributed by atoms with van der Waals surface area (Å²) in [5.74, 6) is 2.87. The lowest BCUT2D eigenvalue weighted by Crippen LogP contribution is -1.98. The van der Waals surface area contributed by atoms with Crippen LogP contribution >= 0.6 is 27.7 Å². The van der Waals surface area contributed by atoms with Crippen molar-refractivity contribution >= 4 is 33.4 Å². The fourth-order valence-corrected chi connectivity index (χ4v) is 2.24. The van der Waals surface area contributed by atoms with Gasteiger partial charge < -0.3 is 9.73 Å². The van der Waals surface area contributed by atoms with Crippen molar-refractivity contribution in [2.75, 3.05) is 11.6 Å². The SMILES string of the molecule is CSCc1ccc(CNc2cncc(Br)c2)o1. The summed E-state index contributed by atoms with van der Waals surface area (Å²) in [5.41, 5.74) is 0.974. The molecule has 3 nitrogen and oxygen atoms in total. The van der Waals surface area contributed by atoms with Gasteiger partial charge in [-0.3, -0.25) is 4.98 Å². The van der Waals surface area contributed by atoms with Crippen molar-refractivity contribution in [3.8, 4) is 0 Å². The van der Waals surface area contributed by atoms with Crippen molar-refractivity contribution in [3.05, 3.63) is 46.6 Å². The third-order valence-corrected chi connectivity index (χ3v) is 3.18. The first kappa shape index (κ1) is 12.5. The maximum Gasteiger partial charge on any atom is 0.123 e. The van der Waals surface area contributed by atoms with Crippen LogP contribution in [0.15, 0.2) is 39.5 Å². The minimum absolute atomic E-state index is 0.673. The molecule has 0 aromatic carbocycles. The zero-order valence-corrected chi connectivity index (χ0v) is 11.8. The quantitative estimate of drug-likeness (QED) is 0.908. The zero-order chi connectivity index (χ0) is 12.1. The second-order valence-electron chi connectivity index (χ2n) is 3.55. The third kappa shape index (κ3) is 3.78. The van der Waals surface area contributed by atoms with E-state index in [0.717, 1.165) is 27.4 Å². The van der Waals surface area contributed by atoms with E-state index in [0.29, 0.717) is 6.54 Å². The number of hydrogen-bond acceptors (Lipinski definition) is 4. The highest BCUT2D eigenvalue weighted by Crippen LogP contribution is 2.17. The number of thioether (sulfide) groups is 1. The number of anilines is 1. The predicted octanol–water partition coefficient (Wildman–Crippen LogP) is 3.91. The molecule has 0 spiro atoms. The molecular weight excluding hydrogens is 300 g/mol. The third-order valence-electron chi connectivity index (χ3n) is 2.18. The van der Waals surface area contributed by atoms with Crippen molar-refractivity contribution in [2.24, 2.45) is 0 Å². The molecule has 0 radical (unpaired) electrons. The number of halogens is 1. The van der Waals surface area contributed by atoms with E-state index in [-0.39, 0.29) is 0 Å². The summed E-state index contributed by atoms with van der Waals surface area (Å²) in [6.45, 7) is 0.673. The van der Waals surface area contributed by atoms with Crippen LogP contribution in [-0.2, 0) is 12.3 Å². The lowest BCUT2D eigenvalue weighted by Gasteiger charge is -2.03. The fourth-order valence-electron chi connectivity index (χ4n) is 1.43. The first-order valence-electron chi connectivity index (χ1n) is 5.19. The number of hydrogen-bond donors (Lipinski definition) is 1. The second-order valence-corrected chi connectivity index (χ2v) is 5.33. The molecule has 2 heterocycles. The van der Waals surface area contributed by atoms with E-state index in [9.17, 15) is 0 Å². The predicted molar refractivity (Wildman–Crippen MR) is 75.2 cm³/mol. The van der Waals surface area contributed by atoms with Crippen LogP contribution in [0.5, 0.6) is 0 Å². The minimum atomic E-state index is 0.673. The van der Waals surface area contributed by atoms with Crippen LogP contribution in [0.2, 0.25) is 0 Å². The molecule has 2 aromatic heterocycles. The van der Waals surface area contributed by atoms with Crippen LogP contribution in [0.1, 0.15) is 11.5 Å². The highest BCUT2D eigenvalue weighted by molar-refractivity contribution is 9.10. The van der Waals surface area contributed by atoms with Gasteiger partial charge in [0.05, 0.1) is 24.2 Å². The standard InChI is InChI=1S/C12H13BrN2OS/c1-17-8-12-3-2-11(16-12)7-15-10-4-9(13)5-14-6-10/h2-6,15H,7-8H2,1H3. The molecule has 1 N–H and O–H groups in total. The van der Waals surface area contributed by atoms with Crippen molar-refractivity contribution in [1.82, 2.24) is 4.98 Å². The Morgan fingerprint density at radius 2 is 2.18 bits per heavy atom. The highest BCUT2D eigenvalue weighted by atomic mass is 79.9. The van der Waals surface area contributed by atoms with Crippen LogP contribution in [0, 0.1) is 0 Å². The molecule has 5 heteroatoms. The van der Waals surface area contributed by atoms with Crippen molar-refractivity contribution in [3.63, 3.8) is 0 Å². The first-order chi connectivity index (χ1) is 8.28. The number of nitrogens with one attached hydrogen (secondary N) is 1. The molecule has 0 saturated carbocycles. The molecule has 0 saturated heterocycles. The molecule has 0 fully saturated rings. The summed E-state index contributed by atoms with van der Waals surface area (Å²) in [5, 5.41) is 3.26. The Hall–Kier alpha value is -0.940. The Kier molecular flexibility index (Phi) is 4.50. The van der Waals surface area contributed by atoms with Crippen LogP contribution in [0.25, 0.3) is 0 Å². The zero-order valence-electron chi connectivity index (χ0n) is 9.44. The van der Waals surface area contributed by atoms with Crippen LogP contribution in [-0.4, -0.2) is 11.2 Å². The van der Waals surface area contributed by atoms with E-state index in [4.69, 9.17) is 4.42 Å². The molecule has 0 bridgehead atoms. The lowest BCUT2D eigenvalue weighted by molar-refractivity contribution is 0.487. The van der Waals surface area contributed by atoms with E-state index in [1.54, 1.807) is 24.2 Å². The van der Waals surface area contributed by atoms with Gasteiger partial charge in [-0.1, -0.05) is 0 Å². The Balaban J connectivity index is 1.93. The van der Waals surface area contributed by atoms with Gasteiger partial charge in [0, 0.05) is 10.7 Å². The van der Waals surface area contributed by atoms with Gasteiger partial charge in [-0.15, -0.1) is 0 Å². The first-order valence-corrected chi connectivity index (χ1v) is 7.37. The smallest absolute Gasteiger partial charge is 0.123 e. The summed E-state index contributed by atoms with van der Waals surface area (Å²) < 4.78 is 6.62. The summed E-state index contributed by atoms with van der Waals surface area (Å²) in [4.78, 5) is 4.09. The summed E-state index contributed by atoms with van der Waals surface area (Å²) in [6.07, 6.45) is 5.61. The van der Waals surface area contributed by atoms with E-state index >= 15 is 0 Å². The monoisotopic (exact) mass is 312 g/mol. The average molecular weight is 313 g/mol. The van der Waals surface area contributed by atoms with Crippen molar-refractivity contribution < 1.29 is 4.42 Å². The molecule has 0 amide bonds. The number of rotatable bonds is 5. The van der Waals surface area contributed by atoms with E-state index in [2.05, 4.69) is 32.5 Å². The number of pyridine rings is 1. The fraction of sp³-hybridized carbons (Fsp3) is 0.250. The molecule has 90 valence electrons. The number of aromatic nitrogens is 1. The van der Waals surface area contributed by atoms with Gasteiger partial charge in [0.15, 0.2) is 0 Å². The Morgan fingerprint density at radius 3 is 2.94 bits per heavy atom. The summed E-state index contributed by atoms with van der Waals surface area (Å²) >= 11 is 5.14. The summed E-state index contributed by atoms with van der Waals surface area (Å²) in [6, 6.07) is 6.01. The molecular formula is C12H13BrN2OS.